The summed E-state index contributed by atoms with van der Waals surface area (Å²) in [6.45, 7) is 2.22. The van der Waals surface area contributed by atoms with Crippen molar-refractivity contribution in [2.45, 2.75) is 31.4 Å². The van der Waals surface area contributed by atoms with Crippen molar-refractivity contribution in [3.63, 3.8) is 0 Å². The summed E-state index contributed by atoms with van der Waals surface area (Å²) >= 11 is 4.84. The Morgan fingerprint density at radius 2 is 1.95 bits per heavy atom. The van der Waals surface area contributed by atoms with Crippen LogP contribution in [0.3, 0.4) is 0 Å². The van der Waals surface area contributed by atoms with Gasteiger partial charge < -0.3 is 5.11 Å². The minimum atomic E-state index is -3.58. The molecule has 21 heavy (non-hydrogen) atoms. The lowest BCUT2D eigenvalue weighted by Crippen LogP contribution is -2.23. The zero-order valence-corrected chi connectivity index (χ0v) is 14.7. The molecule has 0 bridgehead atoms. The average molecular weight is 390 g/mol. The summed E-state index contributed by atoms with van der Waals surface area (Å²) in [6.07, 6.45) is 0.950. The van der Waals surface area contributed by atoms with Crippen LogP contribution in [0, 0.1) is 0 Å². The van der Waals surface area contributed by atoms with Gasteiger partial charge in [0.25, 0.3) is 0 Å². The number of halogens is 1. The Labute approximate surface area is 137 Å². The van der Waals surface area contributed by atoms with E-state index in [0.29, 0.717) is 10.0 Å². The summed E-state index contributed by atoms with van der Waals surface area (Å²) < 4.78 is 27.7. The van der Waals surface area contributed by atoms with Gasteiger partial charge in [0.05, 0.1) is 11.5 Å². The Kier molecular flexibility index (Phi) is 5.56. The molecular formula is C14H16BrNO3S2. The molecule has 0 radical (unpaired) electrons. The lowest BCUT2D eigenvalue weighted by molar-refractivity contribution is 0.281. The van der Waals surface area contributed by atoms with Crippen LogP contribution in [-0.4, -0.2) is 13.5 Å². The smallest absolute Gasteiger partial charge is 0.242 e. The van der Waals surface area contributed by atoms with E-state index in [-0.39, 0.29) is 18.0 Å². The molecule has 0 unspecified atom stereocenters. The molecule has 7 heteroatoms. The molecular weight excluding hydrogens is 374 g/mol. The normalized spacial score (nSPS) is 11.8. The summed E-state index contributed by atoms with van der Waals surface area (Å²) in [6, 6.07) is 8.65. The van der Waals surface area contributed by atoms with Crippen LogP contribution in [0.15, 0.2) is 39.7 Å². The lowest BCUT2D eigenvalue weighted by atomic mass is 10.2. The molecule has 1 heterocycles. The van der Waals surface area contributed by atoms with Gasteiger partial charge in [-0.2, -0.15) is 0 Å². The molecule has 1 aromatic heterocycles. The number of hydrogen-bond donors (Lipinski definition) is 2. The fourth-order valence-electron chi connectivity index (χ4n) is 1.81. The Bertz CT molecular complexity index is 726. The van der Waals surface area contributed by atoms with Crippen molar-refractivity contribution in [1.82, 2.24) is 4.72 Å². The Hall–Kier alpha value is -0.730. The molecule has 0 aliphatic rings. The summed E-state index contributed by atoms with van der Waals surface area (Å²) in [4.78, 5) is 2.39. The molecule has 2 rings (SSSR count). The maximum atomic E-state index is 12.3. The second-order valence-corrected chi connectivity index (χ2v) is 8.31. The molecule has 0 amide bonds. The molecule has 0 spiro atoms. The SMILES string of the molecule is CCc1ccc(CNS(=O)(=O)c2ccc(CO)cc2Br)s1. The molecule has 2 aromatic rings. The van der Waals surface area contributed by atoms with E-state index in [1.54, 1.807) is 23.5 Å². The van der Waals surface area contributed by atoms with Gasteiger partial charge in [-0.3, -0.25) is 0 Å². The third kappa shape index (κ3) is 4.14. The van der Waals surface area contributed by atoms with Gasteiger partial charge in [0.15, 0.2) is 0 Å². The third-order valence-corrected chi connectivity index (χ3v) is 6.58. The first-order chi connectivity index (χ1) is 9.96. The molecule has 114 valence electrons. The summed E-state index contributed by atoms with van der Waals surface area (Å²) in [5, 5.41) is 9.05. The second kappa shape index (κ2) is 7.02. The number of aryl methyl sites for hydroxylation is 1. The van der Waals surface area contributed by atoms with E-state index >= 15 is 0 Å². The van der Waals surface area contributed by atoms with Crippen molar-refractivity contribution in [2.24, 2.45) is 0 Å². The average Bonchev–Trinajstić information content (AvgIpc) is 2.93. The van der Waals surface area contributed by atoms with Gasteiger partial charge in [0, 0.05) is 20.8 Å². The molecule has 0 aliphatic heterocycles. The van der Waals surface area contributed by atoms with E-state index in [2.05, 4.69) is 27.6 Å². The van der Waals surface area contributed by atoms with Gasteiger partial charge in [-0.1, -0.05) is 13.0 Å². The number of aliphatic hydroxyl groups excluding tert-OH is 1. The molecule has 0 atom stereocenters. The number of aliphatic hydroxyl groups is 1. The highest BCUT2D eigenvalue weighted by Crippen LogP contribution is 2.24. The van der Waals surface area contributed by atoms with Gasteiger partial charge in [-0.05, 0) is 52.2 Å². The van der Waals surface area contributed by atoms with Crippen molar-refractivity contribution >= 4 is 37.3 Å². The Balaban J connectivity index is 2.14. The van der Waals surface area contributed by atoms with E-state index in [9.17, 15) is 8.42 Å². The highest BCUT2D eigenvalue weighted by molar-refractivity contribution is 9.10. The Morgan fingerprint density at radius 1 is 1.24 bits per heavy atom. The summed E-state index contributed by atoms with van der Waals surface area (Å²) in [5.41, 5.74) is 0.659. The van der Waals surface area contributed by atoms with E-state index in [4.69, 9.17) is 5.11 Å². The zero-order valence-electron chi connectivity index (χ0n) is 11.5. The topological polar surface area (TPSA) is 66.4 Å². The molecule has 0 fully saturated rings. The van der Waals surface area contributed by atoms with Gasteiger partial charge in [-0.25, -0.2) is 13.1 Å². The minimum Gasteiger partial charge on any atom is -0.392 e. The van der Waals surface area contributed by atoms with E-state index in [1.165, 1.54) is 10.9 Å². The first-order valence-corrected chi connectivity index (χ1v) is 9.52. The van der Waals surface area contributed by atoms with Gasteiger partial charge >= 0.3 is 0 Å². The second-order valence-electron chi connectivity index (χ2n) is 4.47. The largest absolute Gasteiger partial charge is 0.392 e. The van der Waals surface area contributed by atoms with E-state index < -0.39 is 10.0 Å². The van der Waals surface area contributed by atoms with Crippen LogP contribution in [0.5, 0.6) is 0 Å². The van der Waals surface area contributed by atoms with E-state index in [1.807, 2.05) is 12.1 Å². The van der Waals surface area contributed by atoms with Crippen LogP contribution >= 0.6 is 27.3 Å². The lowest BCUT2D eigenvalue weighted by Gasteiger charge is -2.08. The van der Waals surface area contributed by atoms with Gasteiger partial charge in [0.1, 0.15) is 0 Å². The van der Waals surface area contributed by atoms with Crippen molar-refractivity contribution in [2.75, 3.05) is 0 Å². The molecule has 1 aromatic carbocycles. The van der Waals surface area contributed by atoms with Gasteiger partial charge in [0.2, 0.25) is 10.0 Å². The standard InChI is InChI=1S/C14H16BrNO3S2/c1-2-11-4-5-12(20-11)8-16-21(18,19)14-6-3-10(9-17)7-13(14)15/h3-7,16-17H,2,8-9H2,1H3. The number of nitrogens with one attached hydrogen (secondary N) is 1. The predicted molar refractivity (Wildman–Crippen MR) is 87.8 cm³/mol. The number of thiophene rings is 1. The Morgan fingerprint density at radius 3 is 2.52 bits per heavy atom. The number of hydrogen-bond acceptors (Lipinski definition) is 4. The quantitative estimate of drug-likeness (QED) is 0.797. The summed E-state index contributed by atoms with van der Waals surface area (Å²) in [5.74, 6) is 0. The zero-order chi connectivity index (χ0) is 15.5. The van der Waals surface area contributed by atoms with Crippen LogP contribution in [0.4, 0.5) is 0 Å². The number of sulfonamides is 1. The van der Waals surface area contributed by atoms with Crippen molar-refractivity contribution in [1.29, 1.82) is 0 Å². The molecule has 0 aliphatic carbocycles. The maximum Gasteiger partial charge on any atom is 0.242 e. The van der Waals surface area contributed by atoms with Crippen LogP contribution in [0.25, 0.3) is 0 Å². The number of rotatable bonds is 6. The first-order valence-electron chi connectivity index (χ1n) is 6.43. The molecule has 0 saturated heterocycles. The minimum absolute atomic E-state index is 0.124. The summed E-state index contributed by atoms with van der Waals surface area (Å²) in [7, 11) is -3.58. The van der Waals surface area contributed by atoms with E-state index in [0.717, 1.165) is 11.3 Å². The molecule has 4 nitrogen and oxygen atoms in total. The predicted octanol–water partition coefficient (Wildman–Crippen LogP) is 3.04. The van der Waals surface area contributed by atoms with Crippen molar-refractivity contribution in [3.8, 4) is 0 Å². The monoisotopic (exact) mass is 389 g/mol. The van der Waals surface area contributed by atoms with Gasteiger partial charge in [-0.15, -0.1) is 11.3 Å². The maximum absolute atomic E-state index is 12.3. The van der Waals surface area contributed by atoms with Crippen LogP contribution in [0.2, 0.25) is 0 Å². The third-order valence-electron chi connectivity index (χ3n) is 2.97. The highest BCUT2D eigenvalue weighted by Gasteiger charge is 2.17. The van der Waals surface area contributed by atoms with Crippen LogP contribution in [-0.2, 0) is 29.6 Å². The highest BCUT2D eigenvalue weighted by atomic mass is 79.9. The van der Waals surface area contributed by atoms with Crippen LogP contribution in [0.1, 0.15) is 22.2 Å². The first kappa shape index (κ1) is 16.6. The number of benzene rings is 1. The fraction of sp³-hybridized carbons (Fsp3) is 0.286. The molecule has 0 saturated carbocycles. The molecule has 2 N–H and O–H groups in total. The van der Waals surface area contributed by atoms with Crippen molar-refractivity contribution in [3.05, 3.63) is 50.1 Å². The van der Waals surface area contributed by atoms with Crippen LogP contribution < -0.4 is 4.72 Å². The van der Waals surface area contributed by atoms with Crippen molar-refractivity contribution < 1.29 is 13.5 Å². The fourth-order valence-corrected chi connectivity index (χ4v) is 4.93.